The number of aliphatic hydroxyl groups is 3. The van der Waals surface area contributed by atoms with Crippen LogP contribution in [-0.2, 0) is 0 Å². The molecule has 1 aromatic heterocycles. The van der Waals surface area contributed by atoms with Crippen LogP contribution in [-0.4, -0.2) is 51.7 Å². The quantitative estimate of drug-likeness (QED) is 0.585. The van der Waals surface area contributed by atoms with Crippen molar-refractivity contribution in [1.29, 1.82) is 0 Å². The molecule has 1 aromatic carbocycles. The van der Waals surface area contributed by atoms with E-state index in [2.05, 4.69) is 10.5 Å². The van der Waals surface area contributed by atoms with Gasteiger partial charge in [-0.2, -0.15) is 0 Å². The van der Waals surface area contributed by atoms with Crippen molar-refractivity contribution in [3.8, 4) is 11.3 Å². The third-order valence-corrected chi connectivity index (χ3v) is 3.09. The minimum atomic E-state index is -1.50. The van der Waals surface area contributed by atoms with E-state index in [4.69, 9.17) is 4.52 Å². The van der Waals surface area contributed by atoms with Gasteiger partial charge in [-0.25, -0.2) is 0 Å². The number of carbonyl (C=O) groups is 1. The van der Waals surface area contributed by atoms with Crippen molar-refractivity contribution in [3.63, 3.8) is 0 Å². The molecule has 0 fully saturated rings. The van der Waals surface area contributed by atoms with Crippen LogP contribution < -0.4 is 5.32 Å². The highest BCUT2D eigenvalue weighted by Gasteiger charge is 2.31. The van der Waals surface area contributed by atoms with Gasteiger partial charge in [-0.05, 0) is 0 Å². The summed E-state index contributed by atoms with van der Waals surface area (Å²) < 4.78 is 4.95. The number of aliphatic hydroxyl groups excluding tert-OH is 3. The third kappa shape index (κ3) is 3.27. The van der Waals surface area contributed by atoms with Crippen LogP contribution >= 0.6 is 0 Å². The third-order valence-electron chi connectivity index (χ3n) is 3.09. The van der Waals surface area contributed by atoms with Gasteiger partial charge >= 0.3 is 0 Å². The van der Waals surface area contributed by atoms with Crippen molar-refractivity contribution in [2.75, 3.05) is 19.8 Å². The van der Waals surface area contributed by atoms with E-state index in [1.165, 1.54) is 6.07 Å². The molecule has 0 saturated heterocycles. The first-order chi connectivity index (χ1) is 10.1. The van der Waals surface area contributed by atoms with Crippen LogP contribution in [0.25, 0.3) is 11.3 Å². The summed E-state index contributed by atoms with van der Waals surface area (Å²) in [5.74, 6) is -0.754. The molecule has 7 nitrogen and oxygen atoms in total. The second kappa shape index (κ2) is 6.49. The number of nitrogens with zero attached hydrogens (tertiary/aromatic N) is 1. The topological polar surface area (TPSA) is 116 Å². The van der Waals surface area contributed by atoms with Gasteiger partial charge in [0.1, 0.15) is 11.2 Å². The van der Waals surface area contributed by atoms with Gasteiger partial charge < -0.3 is 25.2 Å². The molecule has 7 heteroatoms. The van der Waals surface area contributed by atoms with Crippen LogP contribution in [0.15, 0.2) is 40.9 Å². The Kier molecular flexibility index (Phi) is 4.69. The van der Waals surface area contributed by atoms with Crippen molar-refractivity contribution in [1.82, 2.24) is 10.5 Å². The molecule has 2 aromatic rings. The van der Waals surface area contributed by atoms with E-state index in [1.54, 1.807) is 0 Å². The zero-order valence-electron chi connectivity index (χ0n) is 11.2. The minimum absolute atomic E-state index is 0.0754. The van der Waals surface area contributed by atoms with Crippen LogP contribution in [0.5, 0.6) is 0 Å². The maximum absolute atomic E-state index is 12.0. The van der Waals surface area contributed by atoms with Crippen LogP contribution in [0, 0.1) is 0 Å². The first-order valence-corrected chi connectivity index (χ1v) is 6.31. The fourth-order valence-electron chi connectivity index (χ4n) is 1.70. The summed E-state index contributed by atoms with van der Waals surface area (Å²) in [6.07, 6.45) is 0. The molecule has 0 unspecified atom stereocenters. The molecule has 1 amide bonds. The lowest BCUT2D eigenvalue weighted by atomic mass is 10.0. The first-order valence-electron chi connectivity index (χ1n) is 6.31. The van der Waals surface area contributed by atoms with Crippen molar-refractivity contribution in [3.05, 3.63) is 42.2 Å². The van der Waals surface area contributed by atoms with E-state index in [1.807, 2.05) is 30.3 Å². The van der Waals surface area contributed by atoms with E-state index in [-0.39, 0.29) is 5.76 Å². The Morgan fingerprint density at radius 2 is 1.76 bits per heavy atom. The second-order valence-corrected chi connectivity index (χ2v) is 4.65. The molecular weight excluding hydrogens is 276 g/mol. The summed E-state index contributed by atoms with van der Waals surface area (Å²) in [6, 6.07) is 10.6. The van der Waals surface area contributed by atoms with Crippen LogP contribution in [0.1, 0.15) is 10.6 Å². The Balaban J connectivity index is 2.16. The number of benzene rings is 1. The summed E-state index contributed by atoms with van der Waals surface area (Å²) in [6.45, 7) is -1.82. The molecule has 112 valence electrons. The number of amides is 1. The summed E-state index contributed by atoms with van der Waals surface area (Å²) in [7, 11) is 0. The highest BCUT2D eigenvalue weighted by atomic mass is 16.5. The summed E-state index contributed by atoms with van der Waals surface area (Å²) in [5, 5.41) is 33.7. The lowest BCUT2D eigenvalue weighted by Crippen LogP contribution is -2.57. The average molecular weight is 292 g/mol. The van der Waals surface area contributed by atoms with Gasteiger partial charge in [-0.1, -0.05) is 35.5 Å². The van der Waals surface area contributed by atoms with E-state index in [0.717, 1.165) is 5.56 Å². The lowest BCUT2D eigenvalue weighted by Gasteiger charge is -2.27. The number of nitrogens with one attached hydrogen (secondary N) is 1. The molecule has 4 N–H and O–H groups in total. The highest BCUT2D eigenvalue weighted by Crippen LogP contribution is 2.18. The van der Waals surface area contributed by atoms with E-state index in [0.29, 0.717) is 5.69 Å². The predicted molar refractivity (Wildman–Crippen MR) is 73.4 cm³/mol. The van der Waals surface area contributed by atoms with Crippen molar-refractivity contribution in [2.24, 2.45) is 0 Å². The number of hydrogen-bond acceptors (Lipinski definition) is 6. The average Bonchev–Trinajstić information content (AvgIpc) is 3.04. The van der Waals surface area contributed by atoms with Gasteiger partial charge in [-0.15, -0.1) is 0 Å². The first kappa shape index (κ1) is 15.2. The van der Waals surface area contributed by atoms with E-state index < -0.39 is 31.3 Å². The largest absolute Gasteiger partial charge is 0.394 e. The molecule has 0 aliphatic carbocycles. The molecule has 0 aliphatic rings. The Labute approximate surface area is 120 Å². The minimum Gasteiger partial charge on any atom is -0.394 e. The number of rotatable bonds is 6. The van der Waals surface area contributed by atoms with Crippen LogP contribution in [0.2, 0.25) is 0 Å². The zero-order valence-corrected chi connectivity index (χ0v) is 11.2. The Bertz CT molecular complexity index is 584. The highest BCUT2D eigenvalue weighted by molar-refractivity contribution is 5.93. The van der Waals surface area contributed by atoms with E-state index >= 15 is 0 Å². The molecule has 0 saturated carbocycles. The molecule has 1 heterocycles. The Morgan fingerprint density at radius 1 is 1.14 bits per heavy atom. The SMILES string of the molecule is O=C(NC(CO)(CO)CO)c1cc(-c2ccccc2)no1. The summed E-state index contributed by atoms with van der Waals surface area (Å²) >= 11 is 0. The van der Waals surface area contributed by atoms with Gasteiger partial charge in [0.25, 0.3) is 5.91 Å². The lowest BCUT2D eigenvalue weighted by molar-refractivity contribution is 0.0360. The van der Waals surface area contributed by atoms with E-state index in [9.17, 15) is 20.1 Å². The molecule has 0 atom stereocenters. The standard InChI is InChI=1S/C14H16N2O5/c17-7-14(8-18,9-19)15-13(20)12-6-11(16-21-12)10-4-2-1-3-5-10/h1-6,17-19H,7-9H2,(H,15,20). The number of aromatic nitrogens is 1. The van der Waals surface area contributed by atoms with Crippen molar-refractivity contribution >= 4 is 5.91 Å². The molecule has 21 heavy (non-hydrogen) atoms. The van der Waals surface area contributed by atoms with Gasteiger partial charge in [0.15, 0.2) is 0 Å². The van der Waals surface area contributed by atoms with Crippen LogP contribution in [0.4, 0.5) is 0 Å². The predicted octanol–water partition coefficient (Wildman–Crippen LogP) is -0.213. The molecule has 0 radical (unpaired) electrons. The van der Waals surface area contributed by atoms with Gasteiger partial charge in [0.2, 0.25) is 5.76 Å². The molecule has 0 aliphatic heterocycles. The number of hydrogen-bond donors (Lipinski definition) is 4. The molecular formula is C14H16N2O5. The summed E-state index contributed by atoms with van der Waals surface area (Å²) in [5.41, 5.74) is -0.224. The normalized spacial score (nSPS) is 11.4. The fourth-order valence-corrected chi connectivity index (χ4v) is 1.70. The van der Waals surface area contributed by atoms with Crippen molar-refractivity contribution in [2.45, 2.75) is 5.54 Å². The summed E-state index contributed by atoms with van der Waals surface area (Å²) in [4.78, 5) is 12.0. The molecule has 2 rings (SSSR count). The Hall–Kier alpha value is -2.22. The van der Waals surface area contributed by atoms with Crippen molar-refractivity contribution < 1.29 is 24.6 Å². The molecule has 0 spiro atoms. The van der Waals surface area contributed by atoms with Gasteiger partial charge in [0.05, 0.1) is 19.8 Å². The second-order valence-electron chi connectivity index (χ2n) is 4.65. The monoisotopic (exact) mass is 292 g/mol. The maximum Gasteiger partial charge on any atom is 0.290 e. The maximum atomic E-state index is 12.0. The zero-order chi connectivity index (χ0) is 15.3. The number of carbonyl (C=O) groups excluding carboxylic acids is 1. The van der Waals surface area contributed by atoms with Gasteiger partial charge in [-0.3, -0.25) is 4.79 Å². The van der Waals surface area contributed by atoms with Crippen LogP contribution in [0.3, 0.4) is 0 Å². The fraction of sp³-hybridized carbons (Fsp3) is 0.286. The smallest absolute Gasteiger partial charge is 0.290 e. The van der Waals surface area contributed by atoms with Gasteiger partial charge in [0, 0.05) is 11.6 Å². The Morgan fingerprint density at radius 3 is 2.33 bits per heavy atom. The molecule has 0 bridgehead atoms.